The van der Waals surface area contributed by atoms with E-state index in [-0.39, 0.29) is 0 Å². The van der Waals surface area contributed by atoms with Crippen molar-refractivity contribution in [3.63, 3.8) is 0 Å². The molecule has 166 valence electrons. The van der Waals surface area contributed by atoms with Gasteiger partial charge in [0.2, 0.25) is 0 Å². The maximum absolute atomic E-state index is 5.67. The van der Waals surface area contributed by atoms with Gasteiger partial charge >= 0.3 is 0 Å². The number of unbranched alkanes of at least 4 members (excludes halogenated alkanes) is 17. The van der Waals surface area contributed by atoms with E-state index in [1.165, 1.54) is 128 Å². The second-order valence-electron chi connectivity index (χ2n) is 8.83. The Morgan fingerprint density at radius 3 is 1.54 bits per heavy atom. The van der Waals surface area contributed by atoms with Gasteiger partial charge in [-0.2, -0.15) is 0 Å². The highest BCUT2D eigenvalue weighted by atomic mass is 15.2. The van der Waals surface area contributed by atoms with Crippen molar-refractivity contribution in [2.24, 2.45) is 10.7 Å². The molecule has 2 N–H and O–H groups in total. The van der Waals surface area contributed by atoms with Crippen molar-refractivity contribution < 1.29 is 0 Å². The Labute approximate surface area is 176 Å². The third-order valence-corrected chi connectivity index (χ3v) is 6.18. The highest BCUT2D eigenvalue weighted by Gasteiger charge is 2.14. The monoisotopic (exact) mass is 393 g/mol. The maximum atomic E-state index is 5.67. The molecule has 0 amide bonds. The lowest BCUT2D eigenvalue weighted by molar-refractivity contribution is 0.455. The highest BCUT2D eigenvalue weighted by molar-refractivity contribution is 5.83. The summed E-state index contributed by atoms with van der Waals surface area (Å²) in [5, 5.41) is 0. The predicted molar refractivity (Wildman–Crippen MR) is 126 cm³/mol. The third-order valence-electron chi connectivity index (χ3n) is 6.18. The molecule has 1 heterocycles. The Hall–Kier alpha value is -0.570. The molecule has 0 atom stereocenters. The smallest absolute Gasteiger partial charge is 0.0990 e. The summed E-state index contributed by atoms with van der Waals surface area (Å²) >= 11 is 0. The van der Waals surface area contributed by atoms with Crippen LogP contribution in [0, 0.1) is 0 Å². The first-order valence-corrected chi connectivity index (χ1v) is 12.9. The fraction of sp³-hybridized carbons (Fsp3) is 0.960. The van der Waals surface area contributed by atoms with Crippen LogP contribution < -0.4 is 5.73 Å². The molecule has 0 saturated carbocycles. The fourth-order valence-electron chi connectivity index (χ4n) is 4.35. The van der Waals surface area contributed by atoms with Gasteiger partial charge in [0.05, 0.1) is 12.4 Å². The van der Waals surface area contributed by atoms with Crippen LogP contribution in [0.15, 0.2) is 4.99 Å². The zero-order valence-corrected chi connectivity index (χ0v) is 19.2. The van der Waals surface area contributed by atoms with Crippen LogP contribution >= 0.6 is 0 Å². The van der Waals surface area contributed by atoms with Crippen LogP contribution in [0.25, 0.3) is 0 Å². The van der Waals surface area contributed by atoms with Crippen molar-refractivity contribution in [1.82, 2.24) is 4.90 Å². The first-order chi connectivity index (χ1) is 13.9. The number of hydrogen-bond acceptors (Lipinski definition) is 3. The van der Waals surface area contributed by atoms with Gasteiger partial charge < -0.3 is 10.6 Å². The molecule has 0 aromatic heterocycles. The fourth-order valence-corrected chi connectivity index (χ4v) is 4.35. The molecule has 0 aromatic carbocycles. The minimum Gasteiger partial charge on any atom is -0.357 e. The van der Waals surface area contributed by atoms with E-state index in [0.29, 0.717) is 0 Å². The molecule has 0 aromatic rings. The Kier molecular flexibility index (Phi) is 17.9. The molecule has 28 heavy (non-hydrogen) atoms. The van der Waals surface area contributed by atoms with Crippen molar-refractivity contribution in [2.75, 3.05) is 26.2 Å². The SMILES string of the molecule is CCCCCCCCCCCCCCCCCCCCC1=NCCN1CCN. The van der Waals surface area contributed by atoms with Crippen molar-refractivity contribution in [2.45, 2.75) is 129 Å². The largest absolute Gasteiger partial charge is 0.357 e. The Bertz CT molecular complexity index is 354. The first-order valence-electron chi connectivity index (χ1n) is 12.9. The summed E-state index contributed by atoms with van der Waals surface area (Å²) < 4.78 is 0. The molecule has 0 fully saturated rings. The number of aliphatic imine (C=N–C) groups is 1. The maximum Gasteiger partial charge on any atom is 0.0990 e. The molecular weight excluding hydrogens is 342 g/mol. The molecule has 1 aliphatic heterocycles. The van der Waals surface area contributed by atoms with E-state index in [1.807, 2.05) is 0 Å². The third kappa shape index (κ3) is 14.4. The topological polar surface area (TPSA) is 41.6 Å². The van der Waals surface area contributed by atoms with Gasteiger partial charge in [-0.1, -0.05) is 116 Å². The quantitative estimate of drug-likeness (QED) is 0.211. The van der Waals surface area contributed by atoms with Crippen molar-refractivity contribution >= 4 is 5.84 Å². The summed E-state index contributed by atoms with van der Waals surface area (Å²) in [4.78, 5) is 7.02. The van der Waals surface area contributed by atoms with Gasteiger partial charge in [0.25, 0.3) is 0 Å². The minimum absolute atomic E-state index is 0.748. The Morgan fingerprint density at radius 2 is 1.11 bits per heavy atom. The summed E-state index contributed by atoms with van der Waals surface area (Å²) in [6.45, 7) is 6.10. The van der Waals surface area contributed by atoms with E-state index in [9.17, 15) is 0 Å². The van der Waals surface area contributed by atoms with Crippen molar-refractivity contribution in [1.29, 1.82) is 0 Å². The summed E-state index contributed by atoms with van der Waals surface area (Å²) in [6, 6.07) is 0. The zero-order valence-electron chi connectivity index (χ0n) is 19.2. The lowest BCUT2D eigenvalue weighted by atomic mass is 10.0. The number of rotatable bonds is 21. The molecule has 0 aliphatic carbocycles. The number of amidine groups is 1. The molecule has 0 unspecified atom stereocenters. The summed E-state index contributed by atoms with van der Waals surface area (Å²) in [5.74, 6) is 1.32. The normalized spacial score (nSPS) is 14.1. The van der Waals surface area contributed by atoms with E-state index < -0.39 is 0 Å². The van der Waals surface area contributed by atoms with E-state index in [2.05, 4.69) is 16.8 Å². The molecule has 1 aliphatic rings. The second kappa shape index (κ2) is 19.7. The van der Waals surface area contributed by atoms with Crippen LogP contribution in [0.4, 0.5) is 0 Å². The molecule has 0 radical (unpaired) electrons. The Morgan fingerprint density at radius 1 is 0.679 bits per heavy atom. The molecule has 0 bridgehead atoms. The molecule has 1 rings (SSSR count). The molecule has 0 saturated heterocycles. The van der Waals surface area contributed by atoms with Gasteiger partial charge in [0, 0.05) is 26.1 Å². The van der Waals surface area contributed by atoms with Gasteiger partial charge in [-0.05, 0) is 6.42 Å². The first kappa shape index (κ1) is 25.5. The lowest BCUT2D eigenvalue weighted by Gasteiger charge is -2.19. The standard InChI is InChI=1S/C25H51N3/c1-2-3-4-5-6-7-8-9-10-11-12-13-14-15-16-17-18-19-20-25-27-22-24-28(25)23-21-26/h2-24,26H2,1H3. The van der Waals surface area contributed by atoms with Gasteiger partial charge in [-0.25, -0.2) is 0 Å². The van der Waals surface area contributed by atoms with Gasteiger partial charge in [-0.15, -0.1) is 0 Å². The van der Waals surface area contributed by atoms with Crippen molar-refractivity contribution in [3.8, 4) is 0 Å². The van der Waals surface area contributed by atoms with E-state index in [4.69, 9.17) is 5.73 Å². The molecular formula is C25H51N3. The average Bonchev–Trinajstić information content (AvgIpc) is 3.14. The number of nitrogens with two attached hydrogens (primary N) is 1. The van der Waals surface area contributed by atoms with Crippen LogP contribution in [0.5, 0.6) is 0 Å². The number of nitrogens with zero attached hydrogens (tertiary/aromatic N) is 2. The lowest BCUT2D eigenvalue weighted by Crippen LogP contribution is -2.32. The van der Waals surface area contributed by atoms with Crippen LogP contribution in [-0.4, -0.2) is 36.9 Å². The second-order valence-corrected chi connectivity index (χ2v) is 8.83. The van der Waals surface area contributed by atoms with Crippen molar-refractivity contribution in [3.05, 3.63) is 0 Å². The zero-order chi connectivity index (χ0) is 20.1. The van der Waals surface area contributed by atoms with Crippen LogP contribution in [0.1, 0.15) is 129 Å². The van der Waals surface area contributed by atoms with Gasteiger partial charge in [-0.3, -0.25) is 4.99 Å². The molecule has 3 heteroatoms. The summed E-state index contributed by atoms with van der Waals surface area (Å²) in [6.07, 6.45) is 27.1. The van der Waals surface area contributed by atoms with E-state index in [0.717, 1.165) is 26.2 Å². The van der Waals surface area contributed by atoms with Crippen LogP contribution in [-0.2, 0) is 0 Å². The van der Waals surface area contributed by atoms with Crippen LogP contribution in [0.2, 0.25) is 0 Å². The van der Waals surface area contributed by atoms with Crippen LogP contribution in [0.3, 0.4) is 0 Å². The van der Waals surface area contributed by atoms with E-state index >= 15 is 0 Å². The molecule has 0 spiro atoms. The van der Waals surface area contributed by atoms with Gasteiger partial charge in [0.15, 0.2) is 0 Å². The van der Waals surface area contributed by atoms with E-state index in [1.54, 1.807) is 0 Å². The number of hydrogen-bond donors (Lipinski definition) is 1. The average molecular weight is 394 g/mol. The minimum atomic E-state index is 0.748. The highest BCUT2D eigenvalue weighted by Crippen LogP contribution is 2.15. The predicted octanol–water partition coefficient (Wildman–Crippen LogP) is 7.09. The summed E-state index contributed by atoms with van der Waals surface area (Å²) in [5.41, 5.74) is 5.67. The summed E-state index contributed by atoms with van der Waals surface area (Å²) in [7, 11) is 0. The Balaban J connectivity index is 1.72. The van der Waals surface area contributed by atoms with Gasteiger partial charge in [0.1, 0.15) is 0 Å². The molecule has 3 nitrogen and oxygen atoms in total.